The molecule has 0 saturated carbocycles. The second kappa shape index (κ2) is 6.28. The van der Waals surface area contributed by atoms with Crippen LogP contribution in [-0.4, -0.2) is 18.2 Å². The van der Waals surface area contributed by atoms with Crippen molar-refractivity contribution < 1.29 is 19.1 Å². The highest BCUT2D eigenvalue weighted by Gasteiger charge is 2.35. The van der Waals surface area contributed by atoms with E-state index in [0.717, 1.165) is 0 Å². The Hall–Kier alpha value is -1.23. The summed E-state index contributed by atoms with van der Waals surface area (Å²) in [5, 5.41) is 0.0503. The third-order valence-electron chi connectivity index (χ3n) is 2.10. The lowest BCUT2D eigenvalue weighted by Gasteiger charge is -2.11. The van der Waals surface area contributed by atoms with E-state index in [2.05, 4.69) is 4.74 Å². The molecule has 0 aromatic heterocycles. The van der Waals surface area contributed by atoms with Crippen molar-refractivity contribution in [3.63, 3.8) is 0 Å². The van der Waals surface area contributed by atoms with Gasteiger partial charge in [0.15, 0.2) is 0 Å². The van der Waals surface area contributed by atoms with Gasteiger partial charge in [-0.05, 0) is 24.3 Å². The molecule has 1 aliphatic rings. The standard InChI is InChI=1S/C11H5Cl3O4.CH4/c12-6-3-1-5(2-4-6)9(15)17-11-8(14)7(13)10(16)18-11;/h1-4,11H;1H4. The molecular formula is C12H9Cl3O4. The van der Waals surface area contributed by atoms with Gasteiger partial charge in [0.1, 0.15) is 10.1 Å². The highest BCUT2D eigenvalue weighted by atomic mass is 35.5. The van der Waals surface area contributed by atoms with Gasteiger partial charge in [-0.2, -0.15) is 0 Å². The summed E-state index contributed by atoms with van der Waals surface area (Å²) >= 11 is 16.9. The Kier molecular flexibility index (Phi) is 5.23. The van der Waals surface area contributed by atoms with Gasteiger partial charge in [-0.15, -0.1) is 0 Å². The lowest BCUT2D eigenvalue weighted by molar-refractivity contribution is -0.151. The minimum Gasteiger partial charge on any atom is -0.416 e. The topological polar surface area (TPSA) is 52.6 Å². The first-order valence-electron chi connectivity index (χ1n) is 4.71. The SMILES string of the molecule is C.O=C1OC(OC(=O)c2ccc(Cl)cc2)C(Cl)=C1Cl. The zero-order chi connectivity index (χ0) is 13.3. The van der Waals surface area contributed by atoms with Gasteiger partial charge in [-0.3, -0.25) is 0 Å². The number of esters is 2. The van der Waals surface area contributed by atoms with Crippen LogP contribution >= 0.6 is 34.8 Å². The van der Waals surface area contributed by atoms with Gasteiger partial charge in [-0.1, -0.05) is 42.2 Å². The predicted molar refractivity (Wildman–Crippen MR) is 72.2 cm³/mol. The van der Waals surface area contributed by atoms with Crippen LogP contribution < -0.4 is 0 Å². The number of hydrogen-bond donors (Lipinski definition) is 0. The van der Waals surface area contributed by atoms with E-state index < -0.39 is 18.2 Å². The molecule has 1 atom stereocenters. The van der Waals surface area contributed by atoms with Crippen LogP contribution in [0, 0.1) is 0 Å². The molecule has 0 N–H and O–H groups in total. The van der Waals surface area contributed by atoms with Crippen LogP contribution in [0.4, 0.5) is 0 Å². The van der Waals surface area contributed by atoms with Crippen LogP contribution in [0.25, 0.3) is 0 Å². The van der Waals surface area contributed by atoms with E-state index in [-0.39, 0.29) is 23.1 Å². The maximum absolute atomic E-state index is 11.7. The van der Waals surface area contributed by atoms with Crippen LogP contribution in [-0.2, 0) is 14.3 Å². The third kappa shape index (κ3) is 3.41. The fraction of sp³-hybridized carbons (Fsp3) is 0.167. The Morgan fingerprint density at radius 3 is 2.21 bits per heavy atom. The number of hydrogen-bond acceptors (Lipinski definition) is 4. The first-order valence-corrected chi connectivity index (χ1v) is 5.85. The molecule has 7 heteroatoms. The number of ether oxygens (including phenoxy) is 2. The van der Waals surface area contributed by atoms with Gasteiger partial charge in [0.05, 0.1) is 5.56 Å². The molecule has 0 bridgehead atoms. The van der Waals surface area contributed by atoms with Crippen LogP contribution in [0.3, 0.4) is 0 Å². The monoisotopic (exact) mass is 322 g/mol. The number of carbonyl (C=O) groups excluding carboxylic acids is 2. The summed E-state index contributed by atoms with van der Waals surface area (Å²) in [6.45, 7) is 0. The number of cyclic esters (lactones) is 1. The minimum atomic E-state index is -1.30. The Morgan fingerprint density at radius 1 is 1.16 bits per heavy atom. The van der Waals surface area contributed by atoms with Crippen LogP contribution in [0.2, 0.25) is 5.02 Å². The van der Waals surface area contributed by atoms with E-state index in [9.17, 15) is 9.59 Å². The molecule has 19 heavy (non-hydrogen) atoms. The molecule has 1 aliphatic heterocycles. The molecule has 2 rings (SSSR count). The Balaban J connectivity index is 0.00000180. The maximum Gasteiger partial charge on any atom is 0.354 e. The number of rotatable bonds is 2. The van der Waals surface area contributed by atoms with Gasteiger partial charge in [-0.25, -0.2) is 9.59 Å². The van der Waals surface area contributed by atoms with E-state index in [1.165, 1.54) is 24.3 Å². The first kappa shape index (κ1) is 15.8. The summed E-state index contributed by atoms with van der Waals surface area (Å²) in [6, 6.07) is 6.01. The van der Waals surface area contributed by atoms with Gasteiger partial charge < -0.3 is 9.47 Å². The maximum atomic E-state index is 11.7. The lowest BCUT2D eigenvalue weighted by atomic mass is 10.2. The van der Waals surface area contributed by atoms with Gasteiger partial charge in [0.2, 0.25) is 0 Å². The number of benzene rings is 1. The fourth-order valence-corrected chi connectivity index (χ4v) is 1.65. The third-order valence-corrected chi connectivity index (χ3v) is 3.18. The molecule has 0 aliphatic carbocycles. The van der Waals surface area contributed by atoms with E-state index in [4.69, 9.17) is 39.5 Å². The predicted octanol–water partition coefficient (Wildman–Crippen LogP) is 3.71. The summed E-state index contributed by atoms with van der Waals surface area (Å²) in [5.41, 5.74) is 0.253. The minimum absolute atomic E-state index is 0. The smallest absolute Gasteiger partial charge is 0.354 e. The molecule has 0 amide bonds. The quantitative estimate of drug-likeness (QED) is 0.779. The van der Waals surface area contributed by atoms with Crippen LogP contribution in [0.15, 0.2) is 34.3 Å². The van der Waals surface area contributed by atoms with Crippen LogP contribution in [0.1, 0.15) is 17.8 Å². The highest BCUT2D eigenvalue weighted by Crippen LogP contribution is 2.29. The molecule has 0 fully saturated rings. The van der Waals surface area contributed by atoms with Crippen molar-refractivity contribution in [3.05, 3.63) is 44.9 Å². The van der Waals surface area contributed by atoms with Crippen LogP contribution in [0.5, 0.6) is 0 Å². The second-order valence-electron chi connectivity index (χ2n) is 3.31. The van der Waals surface area contributed by atoms with E-state index in [1.807, 2.05) is 0 Å². The summed E-state index contributed by atoms with van der Waals surface area (Å²) in [6.07, 6.45) is -1.30. The molecule has 4 nitrogen and oxygen atoms in total. The van der Waals surface area contributed by atoms with Crippen molar-refractivity contribution in [1.29, 1.82) is 0 Å². The molecule has 102 valence electrons. The van der Waals surface area contributed by atoms with E-state index in [0.29, 0.717) is 5.02 Å². The first-order chi connectivity index (χ1) is 8.49. The molecule has 1 aromatic rings. The molecule has 1 unspecified atom stereocenters. The van der Waals surface area contributed by atoms with Gasteiger partial charge in [0.25, 0.3) is 6.29 Å². The molecule has 0 radical (unpaired) electrons. The lowest BCUT2D eigenvalue weighted by Crippen LogP contribution is -2.19. The zero-order valence-electron chi connectivity index (χ0n) is 8.65. The van der Waals surface area contributed by atoms with Crippen molar-refractivity contribution in [3.8, 4) is 0 Å². The summed E-state index contributed by atoms with van der Waals surface area (Å²) in [4.78, 5) is 22.7. The largest absolute Gasteiger partial charge is 0.416 e. The normalized spacial score (nSPS) is 17.8. The van der Waals surface area contributed by atoms with Crippen molar-refractivity contribution >= 4 is 46.7 Å². The number of carbonyl (C=O) groups is 2. The van der Waals surface area contributed by atoms with Crippen molar-refractivity contribution in [2.24, 2.45) is 0 Å². The second-order valence-corrected chi connectivity index (χ2v) is 4.53. The zero-order valence-corrected chi connectivity index (χ0v) is 10.9. The Bertz CT molecular complexity index is 536. The van der Waals surface area contributed by atoms with Crippen molar-refractivity contribution in [2.45, 2.75) is 13.7 Å². The molecule has 1 heterocycles. The number of halogens is 3. The Labute approximate surface area is 124 Å². The molecule has 0 spiro atoms. The average molecular weight is 324 g/mol. The summed E-state index contributed by atoms with van der Waals surface area (Å²) in [5.74, 6) is -1.52. The van der Waals surface area contributed by atoms with Gasteiger partial charge >= 0.3 is 11.9 Å². The molecule has 1 aromatic carbocycles. The highest BCUT2D eigenvalue weighted by molar-refractivity contribution is 6.48. The summed E-state index contributed by atoms with van der Waals surface area (Å²) < 4.78 is 9.55. The molecule has 0 saturated heterocycles. The summed E-state index contributed by atoms with van der Waals surface area (Å²) in [7, 11) is 0. The molecular weight excluding hydrogens is 314 g/mol. The average Bonchev–Trinajstić information content (AvgIpc) is 2.58. The van der Waals surface area contributed by atoms with Crippen molar-refractivity contribution in [2.75, 3.05) is 0 Å². The van der Waals surface area contributed by atoms with E-state index >= 15 is 0 Å². The van der Waals surface area contributed by atoms with Gasteiger partial charge in [0, 0.05) is 5.02 Å². The van der Waals surface area contributed by atoms with Crippen molar-refractivity contribution in [1.82, 2.24) is 0 Å². The van der Waals surface area contributed by atoms with E-state index in [1.54, 1.807) is 0 Å². The fourth-order valence-electron chi connectivity index (χ4n) is 1.23. The Morgan fingerprint density at radius 2 is 1.74 bits per heavy atom.